The van der Waals surface area contributed by atoms with Crippen molar-refractivity contribution in [1.82, 2.24) is 4.72 Å². The Kier molecular flexibility index (Phi) is 4.76. The maximum absolute atomic E-state index is 11.7. The van der Waals surface area contributed by atoms with E-state index in [0.717, 1.165) is 0 Å². The van der Waals surface area contributed by atoms with E-state index < -0.39 is 14.9 Å². The average molecular weight is 273 g/mol. The molecule has 0 amide bonds. The number of nitro groups is 1. The molecule has 1 atom stereocenters. The van der Waals surface area contributed by atoms with Crippen molar-refractivity contribution < 1.29 is 13.3 Å². The van der Waals surface area contributed by atoms with E-state index in [1.165, 1.54) is 24.3 Å². The minimum atomic E-state index is -3.48. The minimum Gasteiger partial charge on any atom is -0.329 e. The number of hydrogen-bond donors (Lipinski definition) is 2. The highest BCUT2D eigenvalue weighted by Crippen LogP contribution is 2.13. The number of nitrogens with one attached hydrogen (secondary N) is 1. The number of benzene rings is 1. The first-order valence-electron chi connectivity index (χ1n) is 5.27. The van der Waals surface area contributed by atoms with Crippen molar-refractivity contribution in [1.29, 1.82) is 0 Å². The monoisotopic (exact) mass is 273 g/mol. The summed E-state index contributed by atoms with van der Waals surface area (Å²) in [6.07, 6.45) is 0. The van der Waals surface area contributed by atoms with Gasteiger partial charge in [-0.1, -0.05) is 12.1 Å². The molecule has 0 fully saturated rings. The molecular weight excluding hydrogens is 258 g/mol. The zero-order chi connectivity index (χ0) is 13.8. The van der Waals surface area contributed by atoms with Gasteiger partial charge in [0.15, 0.2) is 0 Å². The smallest absolute Gasteiger partial charge is 0.269 e. The summed E-state index contributed by atoms with van der Waals surface area (Å²) >= 11 is 0. The maximum atomic E-state index is 11.7. The molecule has 18 heavy (non-hydrogen) atoms. The minimum absolute atomic E-state index is 0.0700. The van der Waals surface area contributed by atoms with Crippen LogP contribution < -0.4 is 10.5 Å². The second kappa shape index (κ2) is 5.89. The third kappa shape index (κ3) is 4.40. The second-order valence-corrected chi connectivity index (χ2v) is 5.69. The fourth-order valence-electron chi connectivity index (χ4n) is 1.33. The van der Waals surface area contributed by atoms with Crippen LogP contribution in [0.1, 0.15) is 12.5 Å². The van der Waals surface area contributed by atoms with Crippen LogP contribution in [0.4, 0.5) is 5.69 Å². The number of hydrogen-bond acceptors (Lipinski definition) is 5. The Morgan fingerprint density at radius 2 is 1.94 bits per heavy atom. The van der Waals surface area contributed by atoms with Crippen LogP contribution in [0.5, 0.6) is 0 Å². The molecule has 7 nitrogen and oxygen atoms in total. The lowest BCUT2D eigenvalue weighted by Gasteiger charge is -2.11. The fourth-order valence-corrected chi connectivity index (χ4v) is 2.75. The first-order chi connectivity index (χ1) is 8.34. The summed E-state index contributed by atoms with van der Waals surface area (Å²) in [5.41, 5.74) is 5.74. The lowest BCUT2D eigenvalue weighted by atomic mass is 10.2. The largest absolute Gasteiger partial charge is 0.329 e. The molecule has 0 aliphatic heterocycles. The summed E-state index contributed by atoms with van der Waals surface area (Å²) < 4.78 is 25.8. The zero-order valence-electron chi connectivity index (χ0n) is 9.87. The van der Waals surface area contributed by atoms with Gasteiger partial charge in [-0.25, -0.2) is 13.1 Å². The van der Waals surface area contributed by atoms with E-state index in [-0.39, 0.29) is 24.0 Å². The second-order valence-electron chi connectivity index (χ2n) is 3.94. The molecule has 0 unspecified atom stereocenters. The lowest BCUT2D eigenvalue weighted by molar-refractivity contribution is -0.384. The van der Waals surface area contributed by atoms with Crippen molar-refractivity contribution in [3.05, 3.63) is 39.9 Å². The fraction of sp³-hybridized carbons (Fsp3) is 0.400. The SMILES string of the molecule is C[C@H](CN)NS(=O)(=O)Cc1ccc([N+](=O)[O-])cc1. The first-order valence-corrected chi connectivity index (χ1v) is 6.92. The normalized spacial score (nSPS) is 13.2. The van der Waals surface area contributed by atoms with Crippen molar-refractivity contribution >= 4 is 15.7 Å². The molecule has 0 radical (unpaired) electrons. The lowest BCUT2D eigenvalue weighted by Crippen LogP contribution is -2.38. The molecule has 0 spiro atoms. The van der Waals surface area contributed by atoms with Crippen molar-refractivity contribution in [2.45, 2.75) is 18.7 Å². The average Bonchev–Trinajstić information content (AvgIpc) is 2.28. The number of nitro benzene ring substituents is 1. The van der Waals surface area contributed by atoms with Gasteiger partial charge in [-0.2, -0.15) is 0 Å². The Morgan fingerprint density at radius 1 is 1.39 bits per heavy atom. The Balaban J connectivity index is 2.75. The first kappa shape index (κ1) is 14.6. The number of non-ortho nitro benzene ring substituents is 1. The van der Waals surface area contributed by atoms with Gasteiger partial charge in [0.1, 0.15) is 0 Å². The van der Waals surface area contributed by atoms with Gasteiger partial charge in [-0.05, 0) is 12.5 Å². The summed E-state index contributed by atoms with van der Waals surface area (Å²) in [5.74, 6) is -0.227. The van der Waals surface area contributed by atoms with Gasteiger partial charge in [-0.15, -0.1) is 0 Å². The van der Waals surface area contributed by atoms with Crippen LogP contribution >= 0.6 is 0 Å². The van der Waals surface area contributed by atoms with Gasteiger partial charge in [0.25, 0.3) is 5.69 Å². The van der Waals surface area contributed by atoms with Gasteiger partial charge in [0.05, 0.1) is 10.7 Å². The van der Waals surface area contributed by atoms with Crippen molar-refractivity contribution in [3.63, 3.8) is 0 Å². The Labute approximate surface area is 105 Å². The molecular formula is C10H15N3O4S. The van der Waals surface area contributed by atoms with Crippen molar-refractivity contribution in [2.24, 2.45) is 5.73 Å². The molecule has 3 N–H and O–H groups in total. The van der Waals surface area contributed by atoms with E-state index >= 15 is 0 Å². The van der Waals surface area contributed by atoms with Crippen LogP contribution in [0.2, 0.25) is 0 Å². The molecule has 0 saturated heterocycles. The summed E-state index contributed by atoms with van der Waals surface area (Å²) in [5, 5.41) is 10.4. The van der Waals surface area contributed by atoms with Crippen LogP contribution in [0.25, 0.3) is 0 Å². The maximum Gasteiger partial charge on any atom is 0.269 e. The van der Waals surface area contributed by atoms with E-state index in [9.17, 15) is 18.5 Å². The summed E-state index contributed by atoms with van der Waals surface area (Å²) in [6.45, 7) is 1.87. The third-order valence-corrected chi connectivity index (χ3v) is 3.71. The molecule has 0 aliphatic rings. The highest BCUT2D eigenvalue weighted by molar-refractivity contribution is 7.88. The molecule has 0 heterocycles. The predicted molar refractivity (Wildman–Crippen MR) is 67.4 cm³/mol. The third-order valence-electron chi connectivity index (χ3n) is 2.24. The van der Waals surface area contributed by atoms with Gasteiger partial charge < -0.3 is 5.73 Å². The van der Waals surface area contributed by atoms with E-state index in [0.29, 0.717) is 5.56 Å². The molecule has 1 aromatic carbocycles. The van der Waals surface area contributed by atoms with Gasteiger partial charge in [-0.3, -0.25) is 10.1 Å². The molecule has 0 aromatic heterocycles. The van der Waals surface area contributed by atoms with Crippen molar-refractivity contribution in [3.8, 4) is 0 Å². The van der Waals surface area contributed by atoms with E-state index in [2.05, 4.69) is 4.72 Å². The predicted octanol–water partition coefficient (Wildman–Crippen LogP) is 0.361. The highest BCUT2D eigenvalue weighted by atomic mass is 32.2. The van der Waals surface area contributed by atoms with E-state index in [4.69, 9.17) is 5.73 Å². The van der Waals surface area contributed by atoms with Crippen LogP contribution in [-0.4, -0.2) is 25.9 Å². The Morgan fingerprint density at radius 3 is 2.39 bits per heavy atom. The summed E-state index contributed by atoms with van der Waals surface area (Å²) in [6, 6.07) is 5.05. The van der Waals surface area contributed by atoms with Crippen LogP contribution in [0.15, 0.2) is 24.3 Å². The quantitative estimate of drug-likeness (QED) is 0.573. The van der Waals surface area contributed by atoms with Crippen LogP contribution in [-0.2, 0) is 15.8 Å². The number of sulfonamides is 1. The molecule has 100 valence electrons. The van der Waals surface area contributed by atoms with Gasteiger partial charge in [0, 0.05) is 24.7 Å². The van der Waals surface area contributed by atoms with Gasteiger partial charge >= 0.3 is 0 Å². The molecule has 1 rings (SSSR count). The topological polar surface area (TPSA) is 115 Å². The van der Waals surface area contributed by atoms with Gasteiger partial charge in [0.2, 0.25) is 10.0 Å². The Hall–Kier alpha value is -1.51. The van der Waals surface area contributed by atoms with Crippen LogP contribution in [0, 0.1) is 10.1 Å². The van der Waals surface area contributed by atoms with Crippen molar-refractivity contribution in [2.75, 3.05) is 6.54 Å². The number of nitrogens with two attached hydrogens (primary N) is 1. The standard InChI is InChI=1S/C10H15N3O4S/c1-8(6-11)12-18(16,17)7-9-2-4-10(5-3-9)13(14)15/h2-5,8,12H,6-7,11H2,1H3/t8-/m1/s1. The summed E-state index contributed by atoms with van der Waals surface area (Å²) in [7, 11) is -3.48. The zero-order valence-corrected chi connectivity index (χ0v) is 10.7. The molecule has 1 aromatic rings. The molecule has 0 bridgehead atoms. The number of nitrogens with zero attached hydrogens (tertiary/aromatic N) is 1. The molecule has 8 heteroatoms. The number of rotatable bonds is 6. The molecule has 0 aliphatic carbocycles. The summed E-state index contributed by atoms with van der Waals surface area (Å²) in [4.78, 5) is 9.91. The van der Waals surface area contributed by atoms with E-state index in [1.807, 2.05) is 0 Å². The van der Waals surface area contributed by atoms with Crippen LogP contribution in [0.3, 0.4) is 0 Å². The highest BCUT2D eigenvalue weighted by Gasteiger charge is 2.15. The van der Waals surface area contributed by atoms with E-state index in [1.54, 1.807) is 6.92 Å². The Bertz CT molecular complexity index is 512. The molecule has 0 saturated carbocycles.